The van der Waals surface area contributed by atoms with Crippen LogP contribution in [0, 0.1) is 11.8 Å². The lowest BCUT2D eigenvalue weighted by Crippen LogP contribution is -2.36. The number of carbonyl (C=O) groups is 1. The Hall–Kier alpha value is -3.47. The van der Waals surface area contributed by atoms with Crippen molar-refractivity contribution in [1.29, 1.82) is 0 Å². The smallest absolute Gasteiger partial charge is 0.459 e. The first-order valence-corrected chi connectivity index (χ1v) is 15.8. The van der Waals surface area contributed by atoms with Crippen LogP contribution in [0.25, 0.3) is 11.2 Å². The van der Waals surface area contributed by atoms with Crippen LogP contribution in [0.3, 0.4) is 0 Å². The summed E-state index contributed by atoms with van der Waals surface area (Å²) < 4.78 is 33.0. The molecule has 2 fully saturated rings. The Morgan fingerprint density at radius 1 is 1.15 bits per heavy atom. The van der Waals surface area contributed by atoms with Gasteiger partial charge in [0.15, 0.2) is 17.0 Å². The van der Waals surface area contributed by atoms with Gasteiger partial charge in [-0.3, -0.25) is 9.32 Å². The predicted octanol–water partition coefficient (Wildman–Crippen LogP) is 4.63. The quantitative estimate of drug-likeness (QED) is 0.147. The lowest BCUT2D eigenvalue weighted by atomic mass is 9.86. The number of nitrogens with one attached hydrogen (secondary N) is 2. The average Bonchev–Trinajstić information content (AvgIpc) is 3.44. The maximum absolute atomic E-state index is 13.9. The van der Waals surface area contributed by atoms with E-state index < -0.39 is 19.8 Å². The zero-order chi connectivity index (χ0) is 28.4. The van der Waals surface area contributed by atoms with E-state index in [0.29, 0.717) is 47.7 Å². The van der Waals surface area contributed by atoms with Crippen LogP contribution in [0.15, 0.2) is 48.8 Å². The Bertz CT molecular complexity index is 1460. The molecular weight excluding hydrogens is 545 g/mol. The lowest BCUT2D eigenvalue weighted by molar-refractivity contribution is -0.147. The van der Waals surface area contributed by atoms with Crippen LogP contribution >= 0.6 is 7.75 Å². The Kier molecular flexibility index (Phi) is 7.96. The number of nitrogens with two attached hydrogens (primary N) is 1. The summed E-state index contributed by atoms with van der Waals surface area (Å²) in [6.07, 6.45) is 12.0. The van der Waals surface area contributed by atoms with E-state index in [1.54, 1.807) is 37.5 Å². The fraction of sp³-hybridized carbons (Fsp3) is 0.500. The number of nitrogen functional groups attached to an aromatic ring is 1. The third-order valence-electron chi connectivity index (χ3n) is 7.68. The minimum Gasteiger partial charge on any atom is -0.464 e. The van der Waals surface area contributed by atoms with Gasteiger partial charge in [0.05, 0.1) is 25.6 Å². The first-order valence-electron chi connectivity index (χ1n) is 14.2. The minimum absolute atomic E-state index is 0.0422. The molecule has 0 spiro atoms. The fourth-order valence-electron chi connectivity index (χ4n) is 4.96. The molecular formula is C28H36N7O5P. The number of allylic oxidation sites excluding steroid dienone is 1. The van der Waals surface area contributed by atoms with Crippen molar-refractivity contribution in [2.75, 3.05) is 24.3 Å². The highest BCUT2D eigenvalue weighted by atomic mass is 31.2. The van der Waals surface area contributed by atoms with E-state index >= 15 is 0 Å². The van der Waals surface area contributed by atoms with Gasteiger partial charge >= 0.3 is 13.7 Å². The molecule has 218 valence electrons. The molecule has 2 aromatic heterocycles. The molecule has 0 radical (unpaired) electrons. The number of fused-ring (bicyclic) bond motifs is 1. The Morgan fingerprint density at radius 2 is 1.95 bits per heavy atom. The molecule has 0 aliphatic heterocycles. The SMILES string of the molecule is C[C@H](NP(=O)(OC[C@@H]1C=CC(n2cnc3c(NC4CC4)nc(N)nc32)C1)Oc1ccccc1)C(=O)OCC1CCC1. The highest BCUT2D eigenvalue weighted by Gasteiger charge is 2.35. The molecule has 2 saturated carbocycles. The topological polar surface area (TPSA) is 156 Å². The van der Waals surface area contributed by atoms with E-state index in [1.807, 2.05) is 16.7 Å². The van der Waals surface area contributed by atoms with Crippen molar-refractivity contribution in [1.82, 2.24) is 24.6 Å². The van der Waals surface area contributed by atoms with Gasteiger partial charge in [0.1, 0.15) is 11.8 Å². The van der Waals surface area contributed by atoms with Gasteiger partial charge in [0.25, 0.3) is 0 Å². The van der Waals surface area contributed by atoms with Gasteiger partial charge in [0.2, 0.25) is 5.95 Å². The second-order valence-electron chi connectivity index (χ2n) is 11.1. The first-order chi connectivity index (χ1) is 19.8. The number of benzene rings is 1. The maximum atomic E-state index is 13.9. The second kappa shape index (κ2) is 11.8. The molecule has 3 aliphatic carbocycles. The summed E-state index contributed by atoms with van der Waals surface area (Å²) in [5.41, 5.74) is 7.35. The molecule has 41 heavy (non-hydrogen) atoms. The number of nitrogens with zero attached hydrogens (tertiary/aromatic N) is 4. The molecule has 12 nitrogen and oxygen atoms in total. The Labute approximate surface area is 238 Å². The Balaban J connectivity index is 1.10. The van der Waals surface area contributed by atoms with Crippen LogP contribution in [0.5, 0.6) is 5.75 Å². The number of esters is 1. The van der Waals surface area contributed by atoms with Crippen LogP contribution in [0.1, 0.15) is 51.5 Å². The number of carbonyl (C=O) groups excluding carboxylic acids is 1. The molecule has 4 atom stereocenters. The molecule has 3 aliphatic rings. The normalized spacial score (nSPS) is 22.7. The summed E-state index contributed by atoms with van der Waals surface area (Å²) in [6, 6.07) is 8.24. The third kappa shape index (κ3) is 6.72. The van der Waals surface area contributed by atoms with Crippen LogP contribution in [-0.2, 0) is 18.6 Å². The molecule has 2 unspecified atom stereocenters. The van der Waals surface area contributed by atoms with Crippen molar-refractivity contribution in [3.8, 4) is 5.75 Å². The highest BCUT2D eigenvalue weighted by molar-refractivity contribution is 7.52. The predicted molar refractivity (Wildman–Crippen MR) is 154 cm³/mol. The van der Waals surface area contributed by atoms with Crippen molar-refractivity contribution in [3.05, 3.63) is 48.8 Å². The van der Waals surface area contributed by atoms with E-state index in [4.69, 9.17) is 19.5 Å². The van der Waals surface area contributed by atoms with E-state index in [-0.39, 0.29) is 24.5 Å². The van der Waals surface area contributed by atoms with Gasteiger partial charge in [-0.05, 0) is 57.1 Å². The van der Waals surface area contributed by atoms with Gasteiger partial charge < -0.3 is 24.9 Å². The molecule has 3 aromatic rings. The van der Waals surface area contributed by atoms with Crippen molar-refractivity contribution in [3.63, 3.8) is 0 Å². The summed E-state index contributed by atoms with van der Waals surface area (Å²) in [5.74, 6) is 1.08. The van der Waals surface area contributed by atoms with Gasteiger partial charge in [-0.15, -0.1) is 0 Å². The standard InChI is InChI=1S/C28H36N7O5P/c1-18(27(36)38-15-19-6-5-7-19)34-41(37,40-23-8-3-2-4-9-23)39-16-20-10-13-22(14-20)35-17-30-24-25(31-21-11-12-21)32-28(29)33-26(24)35/h2-4,8-10,13,17-22H,5-7,11-12,14-16H2,1H3,(H,34,37)(H3,29,31,32,33)/t18-,20+,22?,41?/m0/s1. The summed E-state index contributed by atoms with van der Waals surface area (Å²) in [5, 5.41) is 6.16. The van der Waals surface area contributed by atoms with Crippen LogP contribution in [-0.4, -0.2) is 50.8 Å². The summed E-state index contributed by atoms with van der Waals surface area (Å²) >= 11 is 0. The van der Waals surface area contributed by atoms with E-state index in [2.05, 4.69) is 31.4 Å². The largest absolute Gasteiger partial charge is 0.464 e. The molecule has 13 heteroatoms. The number of para-hydroxylation sites is 1. The third-order valence-corrected chi connectivity index (χ3v) is 9.33. The second-order valence-corrected chi connectivity index (χ2v) is 12.8. The number of rotatable bonds is 13. The molecule has 0 bridgehead atoms. The van der Waals surface area contributed by atoms with Crippen molar-refractivity contribution in [2.24, 2.45) is 11.8 Å². The monoisotopic (exact) mass is 581 g/mol. The van der Waals surface area contributed by atoms with Gasteiger partial charge in [-0.25, -0.2) is 9.55 Å². The summed E-state index contributed by atoms with van der Waals surface area (Å²) in [6.45, 7) is 2.09. The fourth-order valence-corrected chi connectivity index (χ4v) is 6.51. The molecule has 4 N–H and O–H groups in total. The van der Waals surface area contributed by atoms with Crippen LogP contribution in [0.4, 0.5) is 11.8 Å². The van der Waals surface area contributed by atoms with Gasteiger partial charge in [-0.2, -0.15) is 15.1 Å². The number of hydrogen-bond acceptors (Lipinski definition) is 10. The van der Waals surface area contributed by atoms with Crippen LogP contribution in [0.2, 0.25) is 0 Å². The molecule has 0 saturated heterocycles. The maximum Gasteiger partial charge on any atom is 0.459 e. The molecule has 2 heterocycles. The highest BCUT2D eigenvalue weighted by Crippen LogP contribution is 2.46. The molecule has 1 aromatic carbocycles. The van der Waals surface area contributed by atoms with E-state index in [9.17, 15) is 9.36 Å². The summed E-state index contributed by atoms with van der Waals surface area (Å²) in [4.78, 5) is 26.0. The van der Waals surface area contributed by atoms with E-state index in [0.717, 1.165) is 32.1 Å². The first kappa shape index (κ1) is 27.7. The van der Waals surface area contributed by atoms with Crippen LogP contribution < -0.4 is 20.7 Å². The summed E-state index contributed by atoms with van der Waals surface area (Å²) in [7, 11) is -3.93. The lowest BCUT2D eigenvalue weighted by Gasteiger charge is -2.26. The van der Waals surface area contributed by atoms with Gasteiger partial charge in [0, 0.05) is 12.0 Å². The number of anilines is 2. The zero-order valence-electron chi connectivity index (χ0n) is 23.0. The van der Waals surface area contributed by atoms with Crippen molar-refractivity contribution < 1.29 is 23.1 Å². The number of hydrogen-bond donors (Lipinski definition) is 3. The number of aromatic nitrogens is 4. The van der Waals surface area contributed by atoms with Gasteiger partial charge in [-0.1, -0.05) is 36.8 Å². The molecule has 6 rings (SSSR count). The zero-order valence-corrected chi connectivity index (χ0v) is 23.9. The van der Waals surface area contributed by atoms with Crippen molar-refractivity contribution >= 4 is 36.6 Å². The Morgan fingerprint density at radius 3 is 2.68 bits per heavy atom. The molecule has 0 amide bonds. The average molecular weight is 582 g/mol. The van der Waals surface area contributed by atoms with E-state index in [1.165, 1.54) is 0 Å². The van der Waals surface area contributed by atoms with Crippen molar-refractivity contribution in [2.45, 2.75) is 63.6 Å². The number of imidazole rings is 1. The number of ether oxygens (including phenoxy) is 1. The minimum atomic E-state index is -3.93.